The summed E-state index contributed by atoms with van der Waals surface area (Å²) in [6.07, 6.45) is 1.81. The lowest BCUT2D eigenvalue weighted by atomic mass is 10.1. The number of nitrogens with one attached hydrogen (secondary N) is 2. The van der Waals surface area contributed by atoms with E-state index in [4.69, 9.17) is 4.74 Å². The van der Waals surface area contributed by atoms with E-state index in [-0.39, 0.29) is 40.7 Å². The number of hydrogen-bond acceptors (Lipinski definition) is 4. The van der Waals surface area contributed by atoms with Gasteiger partial charge >= 0.3 is 6.09 Å². The van der Waals surface area contributed by atoms with E-state index in [9.17, 15) is 4.79 Å². The highest BCUT2D eigenvalue weighted by molar-refractivity contribution is 14.0. The summed E-state index contributed by atoms with van der Waals surface area (Å²) in [5.74, 6) is 1.05. The molecular weight excluding hydrogens is 451 g/mol. The van der Waals surface area contributed by atoms with Crippen LogP contribution in [0.25, 0.3) is 0 Å². The first-order valence-electron chi connectivity index (χ1n) is 8.34. The maximum absolute atomic E-state index is 12.0. The number of halogens is 1. The van der Waals surface area contributed by atoms with Gasteiger partial charge in [0, 0.05) is 38.5 Å². The predicted octanol–water partition coefficient (Wildman–Crippen LogP) is 3.41. The number of thioether (sulfide) groups is 1. The monoisotopic (exact) mass is 488 g/mol. The second kappa shape index (κ2) is 12.1. The smallest absolute Gasteiger partial charge is 0.410 e. The zero-order valence-corrected chi connectivity index (χ0v) is 20.4. The van der Waals surface area contributed by atoms with Gasteiger partial charge < -0.3 is 20.3 Å². The first kappa shape index (κ1) is 26.8. The largest absolute Gasteiger partial charge is 0.444 e. The SMILES string of the molecule is CN=C(NCC(C)CN(C)C(=O)OC(C)(C)C)NCC(C)(C)SC.I. The first-order chi connectivity index (χ1) is 10.9. The van der Waals surface area contributed by atoms with Crippen LogP contribution in [0.2, 0.25) is 0 Å². The molecule has 1 amide bonds. The van der Waals surface area contributed by atoms with Crippen LogP contribution in [0.3, 0.4) is 0 Å². The van der Waals surface area contributed by atoms with Gasteiger partial charge in [-0.3, -0.25) is 4.99 Å². The van der Waals surface area contributed by atoms with E-state index < -0.39 is 5.60 Å². The number of hydrogen-bond donors (Lipinski definition) is 2. The Balaban J connectivity index is 0. The minimum Gasteiger partial charge on any atom is -0.444 e. The van der Waals surface area contributed by atoms with Gasteiger partial charge in [-0.05, 0) is 46.8 Å². The molecular formula is C17H37IN4O2S. The Morgan fingerprint density at radius 2 is 1.80 bits per heavy atom. The number of ether oxygens (including phenoxy) is 1. The highest BCUT2D eigenvalue weighted by Gasteiger charge is 2.21. The van der Waals surface area contributed by atoms with Gasteiger partial charge in [-0.1, -0.05) is 6.92 Å². The third-order valence-electron chi connectivity index (χ3n) is 3.37. The van der Waals surface area contributed by atoms with Crippen molar-refractivity contribution in [2.45, 2.75) is 51.9 Å². The van der Waals surface area contributed by atoms with Crippen molar-refractivity contribution in [3.63, 3.8) is 0 Å². The van der Waals surface area contributed by atoms with Crippen molar-refractivity contribution in [3.8, 4) is 0 Å². The second-order valence-corrected chi connectivity index (χ2v) is 9.25. The van der Waals surface area contributed by atoms with Crippen molar-refractivity contribution in [1.82, 2.24) is 15.5 Å². The molecule has 1 atom stereocenters. The molecule has 150 valence electrons. The molecule has 0 aromatic carbocycles. The molecule has 0 aromatic heterocycles. The number of guanidine groups is 1. The molecule has 0 aliphatic heterocycles. The molecule has 0 radical (unpaired) electrons. The molecule has 0 rings (SSSR count). The van der Waals surface area contributed by atoms with E-state index >= 15 is 0 Å². The summed E-state index contributed by atoms with van der Waals surface area (Å²) in [5, 5.41) is 6.65. The second-order valence-electron chi connectivity index (χ2n) is 7.74. The molecule has 0 saturated carbocycles. The number of aliphatic imine (C=N–C) groups is 1. The fourth-order valence-corrected chi connectivity index (χ4v) is 2.02. The molecule has 0 bridgehead atoms. The van der Waals surface area contributed by atoms with Crippen LogP contribution in [0, 0.1) is 5.92 Å². The molecule has 0 aliphatic carbocycles. The number of nitrogens with zero attached hydrogens (tertiary/aromatic N) is 2. The molecule has 0 heterocycles. The maximum atomic E-state index is 12.0. The Kier molecular flexibility index (Phi) is 13.0. The Labute approximate surface area is 175 Å². The summed E-state index contributed by atoms with van der Waals surface area (Å²) >= 11 is 1.82. The van der Waals surface area contributed by atoms with Gasteiger partial charge in [0.25, 0.3) is 0 Å². The molecule has 25 heavy (non-hydrogen) atoms. The van der Waals surface area contributed by atoms with Crippen LogP contribution in [-0.2, 0) is 4.74 Å². The number of carbonyl (C=O) groups is 1. The van der Waals surface area contributed by atoms with E-state index in [1.165, 1.54) is 0 Å². The molecule has 2 N–H and O–H groups in total. The molecule has 1 unspecified atom stereocenters. The highest BCUT2D eigenvalue weighted by Crippen LogP contribution is 2.19. The lowest BCUT2D eigenvalue weighted by molar-refractivity contribution is 0.0278. The summed E-state index contributed by atoms with van der Waals surface area (Å²) in [7, 11) is 3.53. The van der Waals surface area contributed by atoms with Crippen molar-refractivity contribution in [2.24, 2.45) is 10.9 Å². The van der Waals surface area contributed by atoms with Crippen LogP contribution >= 0.6 is 35.7 Å². The number of rotatable bonds is 7. The van der Waals surface area contributed by atoms with Gasteiger partial charge in [0.05, 0.1) is 0 Å². The number of carbonyl (C=O) groups excluding carboxylic acids is 1. The van der Waals surface area contributed by atoms with Crippen molar-refractivity contribution in [1.29, 1.82) is 0 Å². The van der Waals surface area contributed by atoms with Crippen LogP contribution in [0.1, 0.15) is 41.5 Å². The summed E-state index contributed by atoms with van der Waals surface area (Å²) < 4.78 is 5.52. The average molecular weight is 488 g/mol. The molecule has 0 aromatic rings. The zero-order chi connectivity index (χ0) is 19.0. The van der Waals surface area contributed by atoms with Crippen LogP contribution < -0.4 is 10.6 Å². The summed E-state index contributed by atoms with van der Waals surface area (Å²) in [6, 6.07) is 0. The maximum Gasteiger partial charge on any atom is 0.410 e. The van der Waals surface area contributed by atoms with Crippen LogP contribution in [0.15, 0.2) is 4.99 Å². The summed E-state index contributed by atoms with van der Waals surface area (Å²) in [5.41, 5.74) is -0.469. The van der Waals surface area contributed by atoms with Gasteiger partial charge in [-0.2, -0.15) is 11.8 Å². The molecule has 0 aliphatic rings. The normalized spacial score (nSPS) is 13.6. The topological polar surface area (TPSA) is 66.0 Å². The minimum absolute atomic E-state index is 0. The van der Waals surface area contributed by atoms with Gasteiger partial charge in [0.2, 0.25) is 0 Å². The molecule has 0 saturated heterocycles. The van der Waals surface area contributed by atoms with E-state index in [1.807, 2.05) is 32.5 Å². The van der Waals surface area contributed by atoms with E-state index in [1.54, 1.807) is 19.0 Å². The van der Waals surface area contributed by atoms with Crippen LogP contribution in [-0.4, -0.2) is 67.3 Å². The summed E-state index contributed by atoms with van der Waals surface area (Å²) in [6.45, 7) is 14.3. The Morgan fingerprint density at radius 1 is 1.24 bits per heavy atom. The lowest BCUT2D eigenvalue weighted by Crippen LogP contribution is -2.45. The highest BCUT2D eigenvalue weighted by atomic mass is 127. The van der Waals surface area contributed by atoms with Gasteiger partial charge in [0.1, 0.15) is 5.60 Å². The molecule has 6 nitrogen and oxygen atoms in total. The van der Waals surface area contributed by atoms with E-state index in [2.05, 4.69) is 42.7 Å². The van der Waals surface area contributed by atoms with Crippen molar-refractivity contribution in [2.75, 3.05) is 40.0 Å². The van der Waals surface area contributed by atoms with Crippen molar-refractivity contribution in [3.05, 3.63) is 0 Å². The standard InChI is InChI=1S/C17H36N4O2S.HI/c1-13(11-21(8)15(22)23-16(2,3)4)10-19-14(18-7)20-12-17(5,6)24-9;/h13H,10-12H2,1-9H3,(H2,18,19,20);1H. The third-order valence-corrected chi connectivity index (χ3v) is 4.62. The van der Waals surface area contributed by atoms with Crippen LogP contribution in [0.5, 0.6) is 0 Å². The predicted molar refractivity (Wildman–Crippen MR) is 120 cm³/mol. The van der Waals surface area contributed by atoms with E-state index in [0.29, 0.717) is 6.54 Å². The lowest BCUT2D eigenvalue weighted by Gasteiger charge is -2.27. The summed E-state index contributed by atoms with van der Waals surface area (Å²) in [4.78, 5) is 17.8. The molecule has 0 fully saturated rings. The average Bonchev–Trinajstić information content (AvgIpc) is 2.45. The Hall–Kier alpha value is -0.380. The zero-order valence-electron chi connectivity index (χ0n) is 17.2. The fourth-order valence-electron chi connectivity index (χ4n) is 1.81. The third kappa shape index (κ3) is 13.5. The number of amides is 1. The first-order valence-corrected chi connectivity index (χ1v) is 9.56. The molecule has 0 spiro atoms. The van der Waals surface area contributed by atoms with Gasteiger partial charge in [0.15, 0.2) is 5.96 Å². The van der Waals surface area contributed by atoms with Crippen LogP contribution in [0.4, 0.5) is 4.79 Å². The quantitative estimate of drug-likeness (QED) is 0.327. The molecule has 8 heteroatoms. The Bertz CT molecular complexity index is 425. The van der Waals surface area contributed by atoms with Crippen molar-refractivity contribution < 1.29 is 9.53 Å². The van der Waals surface area contributed by atoms with E-state index in [0.717, 1.165) is 19.0 Å². The van der Waals surface area contributed by atoms with Gasteiger partial charge in [-0.15, -0.1) is 24.0 Å². The van der Waals surface area contributed by atoms with Gasteiger partial charge in [-0.25, -0.2) is 4.79 Å². The fraction of sp³-hybridized carbons (Fsp3) is 0.882. The minimum atomic E-state index is -0.469. The van der Waals surface area contributed by atoms with Crippen molar-refractivity contribution >= 4 is 47.8 Å². The Morgan fingerprint density at radius 3 is 2.24 bits per heavy atom.